The maximum Gasteiger partial charge on any atom is 0.335 e. The zero-order valence-electron chi connectivity index (χ0n) is 12.6. The van der Waals surface area contributed by atoms with Gasteiger partial charge in [-0.25, -0.2) is 9.59 Å². The first-order valence-electron chi connectivity index (χ1n) is 6.74. The first kappa shape index (κ1) is 17.4. The summed E-state index contributed by atoms with van der Waals surface area (Å²) in [4.78, 5) is 24.3. The van der Waals surface area contributed by atoms with Crippen molar-refractivity contribution in [2.45, 2.75) is 13.5 Å². The van der Waals surface area contributed by atoms with Crippen LogP contribution in [0.3, 0.4) is 0 Å². The van der Waals surface area contributed by atoms with Crippen molar-refractivity contribution in [2.75, 3.05) is 25.6 Å². The molecule has 0 aliphatic heterocycles. The molecule has 1 rings (SSSR count). The van der Waals surface area contributed by atoms with Crippen LogP contribution < -0.4 is 5.32 Å². The van der Waals surface area contributed by atoms with Crippen molar-refractivity contribution in [1.82, 2.24) is 10.2 Å². The molecule has 0 aliphatic carbocycles. The number of carboxylic acids is 1. The molecule has 0 heterocycles. The maximum atomic E-state index is 11.9. The van der Waals surface area contributed by atoms with Crippen molar-refractivity contribution in [3.05, 3.63) is 35.4 Å². The van der Waals surface area contributed by atoms with Gasteiger partial charge in [0.1, 0.15) is 0 Å². The highest BCUT2D eigenvalue weighted by Gasteiger charge is 2.11. The zero-order valence-corrected chi connectivity index (χ0v) is 13.4. The topological polar surface area (TPSA) is 69.6 Å². The quantitative estimate of drug-likeness (QED) is 0.812. The van der Waals surface area contributed by atoms with Gasteiger partial charge in [-0.3, -0.25) is 0 Å². The fourth-order valence-corrected chi connectivity index (χ4v) is 2.53. The SMILES string of the molecule is CSCC(C)CNC(=O)N(C)Cc1ccc(C(=O)O)cc1. The molecular weight excluding hydrogens is 288 g/mol. The van der Waals surface area contributed by atoms with Crippen molar-refractivity contribution in [3.8, 4) is 0 Å². The number of thioether (sulfide) groups is 1. The van der Waals surface area contributed by atoms with Crippen LogP contribution in [0.5, 0.6) is 0 Å². The maximum absolute atomic E-state index is 11.9. The normalized spacial score (nSPS) is 11.8. The van der Waals surface area contributed by atoms with Crippen molar-refractivity contribution in [1.29, 1.82) is 0 Å². The Morgan fingerprint density at radius 2 is 1.95 bits per heavy atom. The Morgan fingerprint density at radius 1 is 1.33 bits per heavy atom. The second kappa shape index (κ2) is 8.56. The van der Waals surface area contributed by atoms with E-state index in [0.29, 0.717) is 19.0 Å². The third kappa shape index (κ3) is 6.08. The van der Waals surface area contributed by atoms with E-state index in [4.69, 9.17) is 5.11 Å². The van der Waals surface area contributed by atoms with Crippen molar-refractivity contribution < 1.29 is 14.7 Å². The van der Waals surface area contributed by atoms with Crippen LogP contribution in [0, 0.1) is 5.92 Å². The minimum atomic E-state index is -0.949. The minimum Gasteiger partial charge on any atom is -0.478 e. The van der Waals surface area contributed by atoms with Crippen LogP contribution in [0.1, 0.15) is 22.8 Å². The van der Waals surface area contributed by atoms with E-state index in [0.717, 1.165) is 11.3 Å². The molecule has 2 N–H and O–H groups in total. The predicted molar refractivity (Wildman–Crippen MR) is 85.8 cm³/mol. The summed E-state index contributed by atoms with van der Waals surface area (Å²) < 4.78 is 0. The summed E-state index contributed by atoms with van der Waals surface area (Å²) in [7, 11) is 1.72. The van der Waals surface area contributed by atoms with E-state index in [9.17, 15) is 9.59 Å². The smallest absolute Gasteiger partial charge is 0.335 e. The van der Waals surface area contributed by atoms with E-state index in [1.165, 1.54) is 0 Å². The molecule has 0 saturated carbocycles. The van der Waals surface area contributed by atoms with Crippen molar-refractivity contribution in [3.63, 3.8) is 0 Å². The van der Waals surface area contributed by atoms with E-state index < -0.39 is 5.97 Å². The number of urea groups is 1. The van der Waals surface area contributed by atoms with Gasteiger partial charge < -0.3 is 15.3 Å². The standard InChI is InChI=1S/C15H22N2O3S/c1-11(10-21-3)8-16-15(20)17(2)9-12-4-6-13(7-5-12)14(18)19/h4-7,11H,8-10H2,1-3H3,(H,16,20)(H,18,19). The summed E-state index contributed by atoms with van der Waals surface area (Å²) in [6.07, 6.45) is 2.05. The molecule has 5 nitrogen and oxygen atoms in total. The largest absolute Gasteiger partial charge is 0.478 e. The number of nitrogens with zero attached hydrogens (tertiary/aromatic N) is 1. The minimum absolute atomic E-state index is 0.120. The van der Waals surface area contributed by atoms with Crippen molar-refractivity contribution >= 4 is 23.8 Å². The summed E-state index contributed by atoms with van der Waals surface area (Å²) in [6.45, 7) is 3.20. The highest BCUT2D eigenvalue weighted by atomic mass is 32.2. The van der Waals surface area contributed by atoms with E-state index in [1.807, 2.05) is 6.26 Å². The van der Waals surface area contributed by atoms with Crippen LogP contribution in [0.15, 0.2) is 24.3 Å². The lowest BCUT2D eigenvalue weighted by molar-refractivity contribution is 0.0697. The Morgan fingerprint density at radius 3 is 2.48 bits per heavy atom. The number of hydrogen-bond donors (Lipinski definition) is 2. The lowest BCUT2D eigenvalue weighted by atomic mass is 10.1. The van der Waals surface area contributed by atoms with Crippen LogP contribution in [-0.4, -0.2) is 47.6 Å². The van der Waals surface area contributed by atoms with Gasteiger partial charge in [0.05, 0.1) is 5.56 Å². The van der Waals surface area contributed by atoms with Gasteiger partial charge in [0.2, 0.25) is 0 Å². The highest BCUT2D eigenvalue weighted by Crippen LogP contribution is 2.07. The fraction of sp³-hybridized carbons (Fsp3) is 0.467. The summed E-state index contributed by atoms with van der Waals surface area (Å²) in [6, 6.07) is 6.42. The molecule has 0 fully saturated rings. The second-order valence-corrected chi connectivity index (χ2v) is 6.02. The molecule has 0 bridgehead atoms. The number of rotatable bonds is 7. The van der Waals surface area contributed by atoms with Crippen LogP contribution in [-0.2, 0) is 6.54 Å². The van der Waals surface area contributed by atoms with Gasteiger partial charge in [-0.1, -0.05) is 19.1 Å². The van der Waals surface area contributed by atoms with E-state index in [-0.39, 0.29) is 11.6 Å². The van der Waals surface area contributed by atoms with E-state index in [1.54, 1.807) is 48.0 Å². The molecule has 21 heavy (non-hydrogen) atoms. The third-order valence-electron chi connectivity index (χ3n) is 3.02. The number of carboxylic acid groups (broad SMARTS) is 1. The number of hydrogen-bond acceptors (Lipinski definition) is 3. The van der Waals surface area contributed by atoms with Gasteiger partial charge in [0.15, 0.2) is 0 Å². The molecule has 1 atom stereocenters. The van der Waals surface area contributed by atoms with E-state index in [2.05, 4.69) is 12.2 Å². The zero-order chi connectivity index (χ0) is 15.8. The lowest BCUT2D eigenvalue weighted by Gasteiger charge is -2.19. The Bertz CT molecular complexity index is 476. The number of benzene rings is 1. The summed E-state index contributed by atoms with van der Waals surface area (Å²) in [5.74, 6) is 0.503. The molecule has 0 spiro atoms. The van der Waals surface area contributed by atoms with Crippen LogP contribution in [0.2, 0.25) is 0 Å². The van der Waals surface area contributed by atoms with Gasteiger partial charge in [-0.05, 0) is 35.6 Å². The number of carbonyl (C=O) groups is 2. The van der Waals surface area contributed by atoms with Crippen LogP contribution >= 0.6 is 11.8 Å². The first-order valence-corrected chi connectivity index (χ1v) is 8.13. The molecule has 0 aromatic heterocycles. The fourth-order valence-electron chi connectivity index (χ4n) is 1.84. The first-order chi connectivity index (χ1) is 9.93. The highest BCUT2D eigenvalue weighted by molar-refractivity contribution is 7.98. The molecule has 2 amide bonds. The Labute approximate surface area is 129 Å². The average Bonchev–Trinajstić information content (AvgIpc) is 2.45. The number of carbonyl (C=O) groups excluding carboxylic acids is 1. The van der Waals surface area contributed by atoms with Gasteiger partial charge in [0.25, 0.3) is 0 Å². The average molecular weight is 310 g/mol. The molecule has 0 aliphatic rings. The molecule has 6 heteroatoms. The van der Waals surface area contributed by atoms with Crippen LogP contribution in [0.25, 0.3) is 0 Å². The van der Waals surface area contributed by atoms with Gasteiger partial charge in [0, 0.05) is 20.1 Å². The molecule has 0 radical (unpaired) electrons. The molecular formula is C15H22N2O3S. The Kier molecular flexibility index (Phi) is 7.08. The Balaban J connectivity index is 2.46. The van der Waals surface area contributed by atoms with Gasteiger partial charge in [-0.2, -0.15) is 11.8 Å². The second-order valence-electron chi connectivity index (χ2n) is 5.10. The van der Waals surface area contributed by atoms with Gasteiger partial charge in [-0.15, -0.1) is 0 Å². The molecule has 1 aromatic carbocycles. The Hall–Kier alpha value is -1.69. The number of amides is 2. The monoisotopic (exact) mass is 310 g/mol. The van der Waals surface area contributed by atoms with Crippen LogP contribution in [0.4, 0.5) is 4.79 Å². The molecule has 0 saturated heterocycles. The van der Waals surface area contributed by atoms with Gasteiger partial charge >= 0.3 is 12.0 Å². The summed E-state index contributed by atoms with van der Waals surface area (Å²) >= 11 is 1.76. The summed E-state index contributed by atoms with van der Waals surface area (Å²) in [5.41, 5.74) is 1.14. The molecule has 1 aromatic rings. The number of nitrogens with one attached hydrogen (secondary N) is 1. The molecule has 116 valence electrons. The predicted octanol–water partition coefficient (Wildman–Crippen LogP) is 2.53. The van der Waals surface area contributed by atoms with E-state index >= 15 is 0 Å². The summed E-state index contributed by atoms with van der Waals surface area (Å²) in [5, 5.41) is 11.7. The molecule has 1 unspecified atom stereocenters. The van der Waals surface area contributed by atoms with Crippen molar-refractivity contribution in [2.24, 2.45) is 5.92 Å². The lowest BCUT2D eigenvalue weighted by Crippen LogP contribution is -2.39. The number of aromatic carboxylic acids is 1. The third-order valence-corrected chi connectivity index (χ3v) is 3.92.